The number of nitrogens with one attached hydrogen (secondary N) is 1. The highest BCUT2D eigenvalue weighted by Gasteiger charge is 2.32. The fourth-order valence-corrected chi connectivity index (χ4v) is 3.35. The maximum absolute atomic E-state index is 5.87. The van der Waals surface area contributed by atoms with Crippen LogP contribution in [0.1, 0.15) is 62.3 Å². The molecule has 0 aliphatic heterocycles. The molecule has 1 fully saturated rings. The highest BCUT2D eigenvalue weighted by molar-refractivity contribution is 5.35. The average Bonchev–Trinajstić information content (AvgIpc) is 2.37. The summed E-state index contributed by atoms with van der Waals surface area (Å²) in [7, 11) is 0. The summed E-state index contributed by atoms with van der Waals surface area (Å²) < 4.78 is 0. The van der Waals surface area contributed by atoms with Crippen molar-refractivity contribution in [2.45, 2.75) is 59.4 Å². The summed E-state index contributed by atoms with van der Waals surface area (Å²) in [5.41, 5.74) is 7.72. The Bertz CT molecular complexity index is 427. The molecule has 1 aliphatic carbocycles. The molecule has 2 nitrogen and oxygen atoms in total. The second kappa shape index (κ2) is 5.64. The van der Waals surface area contributed by atoms with Crippen LogP contribution in [-0.4, -0.2) is 0 Å². The molecule has 0 aromatic heterocycles. The molecular weight excluding hydrogens is 232 g/mol. The monoisotopic (exact) mass is 260 g/mol. The lowest BCUT2D eigenvalue weighted by Crippen LogP contribution is -2.37. The third-order valence-electron chi connectivity index (χ3n) is 5.02. The van der Waals surface area contributed by atoms with Crippen LogP contribution in [0.15, 0.2) is 18.2 Å². The van der Waals surface area contributed by atoms with Crippen molar-refractivity contribution in [3.05, 3.63) is 34.9 Å². The molecule has 1 aromatic rings. The van der Waals surface area contributed by atoms with E-state index in [1.54, 1.807) is 0 Å². The maximum Gasteiger partial charge on any atom is 0.0490 e. The van der Waals surface area contributed by atoms with Gasteiger partial charge in [-0.3, -0.25) is 11.3 Å². The van der Waals surface area contributed by atoms with Gasteiger partial charge in [0.1, 0.15) is 0 Å². The summed E-state index contributed by atoms with van der Waals surface area (Å²) in [5.74, 6) is 6.54. The van der Waals surface area contributed by atoms with Gasteiger partial charge in [-0.15, -0.1) is 0 Å². The van der Waals surface area contributed by atoms with Gasteiger partial charge < -0.3 is 0 Å². The highest BCUT2D eigenvalue weighted by atomic mass is 15.2. The number of rotatable bonds is 3. The topological polar surface area (TPSA) is 38.0 Å². The number of benzene rings is 1. The minimum absolute atomic E-state index is 0.302. The smallest absolute Gasteiger partial charge is 0.0490 e. The molecular formula is C17H28N2. The van der Waals surface area contributed by atoms with E-state index in [0.717, 1.165) is 0 Å². The molecule has 0 saturated heterocycles. The molecule has 1 aliphatic rings. The van der Waals surface area contributed by atoms with Crippen LogP contribution in [-0.2, 0) is 0 Å². The number of aryl methyl sites for hydroxylation is 1. The maximum atomic E-state index is 5.87. The first-order chi connectivity index (χ1) is 8.94. The minimum Gasteiger partial charge on any atom is -0.271 e. The molecule has 3 N–H and O–H groups in total. The SMILES string of the molecule is Cc1cccc(C(NN)C2CCC(C)(C)CC2)c1C. The second-order valence-corrected chi connectivity index (χ2v) is 6.94. The van der Waals surface area contributed by atoms with Crippen LogP contribution in [0.4, 0.5) is 0 Å². The molecule has 1 unspecified atom stereocenters. The molecule has 0 radical (unpaired) electrons. The van der Waals surface area contributed by atoms with Crippen molar-refractivity contribution in [3.8, 4) is 0 Å². The third-order valence-corrected chi connectivity index (χ3v) is 5.02. The average molecular weight is 260 g/mol. The van der Waals surface area contributed by atoms with Gasteiger partial charge in [-0.05, 0) is 67.6 Å². The lowest BCUT2D eigenvalue weighted by Gasteiger charge is -2.38. The van der Waals surface area contributed by atoms with Crippen LogP contribution in [0.25, 0.3) is 0 Å². The zero-order valence-electron chi connectivity index (χ0n) is 12.8. The van der Waals surface area contributed by atoms with Gasteiger partial charge in [0.2, 0.25) is 0 Å². The van der Waals surface area contributed by atoms with E-state index in [1.165, 1.54) is 42.4 Å². The number of nitrogens with two attached hydrogens (primary N) is 1. The molecule has 0 heterocycles. The summed E-state index contributed by atoms with van der Waals surface area (Å²) in [6.07, 6.45) is 5.16. The summed E-state index contributed by atoms with van der Waals surface area (Å²) in [5, 5.41) is 0. The van der Waals surface area contributed by atoms with Crippen molar-refractivity contribution in [1.29, 1.82) is 0 Å². The van der Waals surface area contributed by atoms with E-state index in [0.29, 0.717) is 17.4 Å². The van der Waals surface area contributed by atoms with Crippen molar-refractivity contribution >= 4 is 0 Å². The van der Waals surface area contributed by atoms with E-state index in [2.05, 4.69) is 51.3 Å². The molecule has 19 heavy (non-hydrogen) atoms. The molecule has 1 atom stereocenters. The molecule has 2 rings (SSSR count). The van der Waals surface area contributed by atoms with Crippen LogP contribution in [0.2, 0.25) is 0 Å². The lowest BCUT2D eigenvalue weighted by molar-refractivity contribution is 0.161. The van der Waals surface area contributed by atoms with Gasteiger partial charge in [0, 0.05) is 6.04 Å². The predicted molar refractivity (Wildman–Crippen MR) is 81.7 cm³/mol. The van der Waals surface area contributed by atoms with Crippen molar-refractivity contribution in [2.75, 3.05) is 0 Å². The number of hydrogen-bond donors (Lipinski definition) is 2. The zero-order chi connectivity index (χ0) is 14.0. The predicted octanol–water partition coefficient (Wildman–Crippen LogP) is 4.02. The van der Waals surface area contributed by atoms with Crippen LogP contribution in [0, 0.1) is 25.2 Å². The van der Waals surface area contributed by atoms with Gasteiger partial charge in [0.15, 0.2) is 0 Å². The Balaban J connectivity index is 2.19. The Morgan fingerprint density at radius 3 is 2.42 bits per heavy atom. The standard InChI is InChI=1S/C17H28N2/c1-12-6-5-7-15(13(12)2)16(19-18)14-8-10-17(3,4)11-9-14/h5-7,14,16,19H,8-11,18H2,1-4H3. The molecule has 0 amide bonds. The molecule has 1 aromatic carbocycles. The first kappa shape index (κ1) is 14.5. The van der Waals surface area contributed by atoms with Gasteiger partial charge in [-0.1, -0.05) is 32.0 Å². The fourth-order valence-electron chi connectivity index (χ4n) is 3.35. The number of hydrogen-bond acceptors (Lipinski definition) is 2. The van der Waals surface area contributed by atoms with E-state index in [-0.39, 0.29) is 0 Å². The zero-order valence-corrected chi connectivity index (χ0v) is 12.8. The van der Waals surface area contributed by atoms with Gasteiger partial charge in [0.25, 0.3) is 0 Å². The van der Waals surface area contributed by atoms with E-state index in [1.807, 2.05) is 0 Å². The second-order valence-electron chi connectivity index (χ2n) is 6.94. The first-order valence-electron chi connectivity index (χ1n) is 7.47. The molecule has 0 spiro atoms. The first-order valence-corrected chi connectivity index (χ1v) is 7.47. The number of hydrazine groups is 1. The van der Waals surface area contributed by atoms with Gasteiger partial charge in [-0.25, -0.2) is 0 Å². The van der Waals surface area contributed by atoms with Gasteiger partial charge in [0.05, 0.1) is 0 Å². The third kappa shape index (κ3) is 3.18. The van der Waals surface area contributed by atoms with E-state index in [4.69, 9.17) is 5.84 Å². The Labute approximate surface area is 117 Å². The Hall–Kier alpha value is -0.860. The molecule has 1 saturated carbocycles. The minimum atomic E-state index is 0.302. The van der Waals surface area contributed by atoms with Crippen LogP contribution in [0.3, 0.4) is 0 Å². The summed E-state index contributed by atoms with van der Waals surface area (Å²) >= 11 is 0. The Morgan fingerprint density at radius 2 is 1.84 bits per heavy atom. The van der Waals surface area contributed by atoms with E-state index >= 15 is 0 Å². The summed E-state index contributed by atoms with van der Waals surface area (Å²) in [6, 6.07) is 6.86. The molecule has 106 valence electrons. The largest absolute Gasteiger partial charge is 0.271 e. The van der Waals surface area contributed by atoms with Crippen molar-refractivity contribution in [1.82, 2.24) is 5.43 Å². The normalized spacial score (nSPS) is 21.3. The van der Waals surface area contributed by atoms with E-state index in [9.17, 15) is 0 Å². The van der Waals surface area contributed by atoms with Crippen molar-refractivity contribution in [2.24, 2.45) is 17.2 Å². The summed E-state index contributed by atoms with van der Waals surface area (Å²) in [4.78, 5) is 0. The molecule has 2 heteroatoms. The van der Waals surface area contributed by atoms with Crippen molar-refractivity contribution < 1.29 is 0 Å². The lowest BCUT2D eigenvalue weighted by atomic mass is 9.70. The van der Waals surface area contributed by atoms with Crippen molar-refractivity contribution in [3.63, 3.8) is 0 Å². The van der Waals surface area contributed by atoms with Gasteiger partial charge >= 0.3 is 0 Å². The Kier molecular flexibility index (Phi) is 4.32. The van der Waals surface area contributed by atoms with Crippen LogP contribution < -0.4 is 11.3 Å². The van der Waals surface area contributed by atoms with Crippen LogP contribution >= 0.6 is 0 Å². The Morgan fingerprint density at radius 1 is 1.21 bits per heavy atom. The van der Waals surface area contributed by atoms with Crippen LogP contribution in [0.5, 0.6) is 0 Å². The molecule has 0 bridgehead atoms. The van der Waals surface area contributed by atoms with Gasteiger partial charge in [-0.2, -0.15) is 0 Å². The highest BCUT2D eigenvalue weighted by Crippen LogP contribution is 2.43. The van der Waals surface area contributed by atoms with E-state index < -0.39 is 0 Å². The quantitative estimate of drug-likeness (QED) is 0.636. The fraction of sp³-hybridized carbons (Fsp3) is 0.647. The summed E-state index contributed by atoms with van der Waals surface area (Å²) in [6.45, 7) is 9.15.